The summed E-state index contributed by atoms with van der Waals surface area (Å²) in [6.45, 7) is 1.73. The van der Waals surface area contributed by atoms with Gasteiger partial charge in [0.05, 0.1) is 23.7 Å². The Balaban J connectivity index is 2.76. The van der Waals surface area contributed by atoms with Crippen molar-refractivity contribution in [3.63, 3.8) is 0 Å². The predicted molar refractivity (Wildman–Crippen MR) is 69.3 cm³/mol. The van der Waals surface area contributed by atoms with Crippen LogP contribution >= 0.6 is 0 Å². The van der Waals surface area contributed by atoms with Crippen molar-refractivity contribution in [3.8, 4) is 0 Å². The number of hydrogen-bond donors (Lipinski definition) is 2. The van der Waals surface area contributed by atoms with Gasteiger partial charge in [-0.3, -0.25) is 0 Å². The van der Waals surface area contributed by atoms with E-state index in [1.54, 1.807) is 6.92 Å². The first-order chi connectivity index (χ1) is 8.86. The smallest absolute Gasteiger partial charge is 0.337 e. The van der Waals surface area contributed by atoms with Crippen LogP contribution in [0, 0.1) is 0 Å². The molecule has 0 bridgehead atoms. The van der Waals surface area contributed by atoms with Crippen LogP contribution in [0.15, 0.2) is 29.2 Å². The number of aliphatic hydroxyl groups is 1. The summed E-state index contributed by atoms with van der Waals surface area (Å²) in [6, 6.07) is 5.43. The zero-order valence-corrected chi connectivity index (χ0v) is 11.6. The van der Waals surface area contributed by atoms with E-state index in [4.69, 9.17) is 5.11 Å². The molecular weight excluding hydrogens is 270 g/mol. The molecule has 7 heteroatoms. The summed E-state index contributed by atoms with van der Waals surface area (Å²) in [7, 11) is -2.36. The molecule has 0 fully saturated rings. The minimum Gasteiger partial charge on any atom is -0.465 e. The zero-order valence-electron chi connectivity index (χ0n) is 10.8. The Morgan fingerprint density at radius 2 is 1.95 bits per heavy atom. The summed E-state index contributed by atoms with van der Waals surface area (Å²) in [4.78, 5) is 11.3. The van der Waals surface area contributed by atoms with E-state index in [2.05, 4.69) is 9.46 Å². The van der Waals surface area contributed by atoms with Crippen LogP contribution in [-0.4, -0.2) is 39.3 Å². The maximum absolute atomic E-state index is 11.9. The van der Waals surface area contributed by atoms with Crippen LogP contribution in [0.25, 0.3) is 0 Å². The van der Waals surface area contributed by atoms with Crippen LogP contribution < -0.4 is 4.72 Å². The van der Waals surface area contributed by atoms with Crippen LogP contribution in [-0.2, 0) is 14.8 Å². The van der Waals surface area contributed by atoms with Crippen molar-refractivity contribution in [2.24, 2.45) is 0 Å². The third kappa shape index (κ3) is 4.62. The molecule has 2 N–H and O–H groups in total. The fourth-order valence-corrected chi connectivity index (χ4v) is 2.42. The van der Waals surface area contributed by atoms with E-state index in [9.17, 15) is 13.2 Å². The first-order valence-corrected chi connectivity index (χ1v) is 7.21. The highest BCUT2D eigenvalue weighted by atomic mass is 32.2. The van der Waals surface area contributed by atoms with Gasteiger partial charge in [0.25, 0.3) is 0 Å². The van der Waals surface area contributed by atoms with Gasteiger partial charge in [0.15, 0.2) is 0 Å². The Kier molecular flexibility index (Phi) is 5.46. The molecule has 0 saturated heterocycles. The van der Waals surface area contributed by atoms with Crippen LogP contribution in [0.1, 0.15) is 23.7 Å². The van der Waals surface area contributed by atoms with Gasteiger partial charge >= 0.3 is 5.97 Å². The molecule has 1 aromatic rings. The number of hydrogen-bond acceptors (Lipinski definition) is 5. The van der Waals surface area contributed by atoms with Crippen molar-refractivity contribution in [1.82, 2.24) is 4.72 Å². The fraction of sp³-hybridized carbons (Fsp3) is 0.417. The Morgan fingerprint density at radius 1 is 1.37 bits per heavy atom. The molecule has 1 atom stereocenters. The Labute approximate surface area is 112 Å². The monoisotopic (exact) mass is 287 g/mol. The van der Waals surface area contributed by atoms with Crippen LogP contribution in [0.5, 0.6) is 0 Å². The molecule has 0 saturated carbocycles. The number of ether oxygens (including phenoxy) is 1. The number of esters is 1. The average molecular weight is 287 g/mol. The van der Waals surface area contributed by atoms with Crippen molar-refractivity contribution in [3.05, 3.63) is 29.8 Å². The normalized spacial score (nSPS) is 13.0. The number of aliphatic hydroxyl groups excluding tert-OH is 1. The lowest BCUT2D eigenvalue weighted by atomic mass is 10.2. The van der Waals surface area contributed by atoms with Crippen molar-refractivity contribution in [2.45, 2.75) is 24.3 Å². The summed E-state index contributed by atoms with van der Waals surface area (Å²) < 4.78 is 30.6. The summed E-state index contributed by atoms with van der Waals surface area (Å²) >= 11 is 0. The topological polar surface area (TPSA) is 92.7 Å². The molecule has 1 rings (SSSR count). The molecule has 0 spiro atoms. The fourth-order valence-electron chi connectivity index (χ4n) is 1.37. The SMILES string of the molecule is COC(=O)c1ccc(S(=O)(=O)NCCC(C)O)cc1. The molecule has 6 nitrogen and oxygen atoms in total. The first kappa shape index (κ1) is 15.6. The van der Waals surface area contributed by atoms with E-state index in [0.717, 1.165) is 0 Å². The first-order valence-electron chi connectivity index (χ1n) is 5.73. The van der Waals surface area contributed by atoms with Crippen molar-refractivity contribution >= 4 is 16.0 Å². The van der Waals surface area contributed by atoms with Gasteiger partial charge in [0.1, 0.15) is 0 Å². The van der Waals surface area contributed by atoms with Gasteiger partial charge in [-0.15, -0.1) is 0 Å². The molecule has 0 aromatic heterocycles. The molecular formula is C12H17NO5S. The van der Waals surface area contributed by atoms with E-state index in [1.165, 1.54) is 31.4 Å². The number of sulfonamides is 1. The second-order valence-electron chi connectivity index (χ2n) is 4.05. The summed E-state index contributed by atoms with van der Waals surface area (Å²) in [6.07, 6.45) is -0.233. The maximum atomic E-state index is 11.9. The average Bonchev–Trinajstić information content (AvgIpc) is 2.37. The van der Waals surface area contributed by atoms with Gasteiger partial charge in [0.2, 0.25) is 10.0 Å². The van der Waals surface area contributed by atoms with E-state index in [0.29, 0.717) is 6.42 Å². The lowest BCUT2D eigenvalue weighted by Crippen LogP contribution is -2.26. The summed E-state index contributed by atoms with van der Waals surface area (Å²) in [5, 5.41) is 9.06. The molecule has 1 aromatic carbocycles. The lowest BCUT2D eigenvalue weighted by Gasteiger charge is -2.08. The molecule has 0 aliphatic carbocycles. The molecule has 19 heavy (non-hydrogen) atoms. The number of carbonyl (C=O) groups excluding carboxylic acids is 1. The Bertz CT molecular complexity index is 522. The van der Waals surface area contributed by atoms with E-state index in [-0.39, 0.29) is 17.0 Å². The summed E-state index contributed by atoms with van der Waals surface area (Å²) in [5.41, 5.74) is 0.283. The zero-order chi connectivity index (χ0) is 14.5. The highest BCUT2D eigenvalue weighted by Crippen LogP contribution is 2.11. The van der Waals surface area contributed by atoms with Gasteiger partial charge < -0.3 is 9.84 Å². The molecule has 0 amide bonds. The number of benzene rings is 1. The standard InChI is InChI=1S/C12H17NO5S/c1-9(14)7-8-13-19(16,17)11-5-3-10(4-6-11)12(15)18-2/h3-6,9,13-14H,7-8H2,1-2H3. The third-order valence-electron chi connectivity index (χ3n) is 2.44. The van der Waals surface area contributed by atoms with Crippen LogP contribution in [0.2, 0.25) is 0 Å². The van der Waals surface area contributed by atoms with E-state index < -0.39 is 22.1 Å². The number of carbonyl (C=O) groups is 1. The molecule has 0 aliphatic rings. The molecule has 106 valence electrons. The van der Waals surface area contributed by atoms with Crippen molar-refractivity contribution in [2.75, 3.05) is 13.7 Å². The van der Waals surface area contributed by atoms with Crippen LogP contribution in [0.3, 0.4) is 0 Å². The summed E-state index contributed by atoms with van der Waals surface area (Å²) in [5.74, 6) is -0.522. The van der Waals surface area contributed by atoms with E-state index >= 15 is 0 Å². The second kappa shape index (κ2) is 6.65. The van der Waals surface area contributed by atoms with Gasteiger partial charge in [-0.25, -0.2) is 17.9 Å². The van der Waals surface area contributed by atoms with Gasteiger partial charge in [-0.1, -0.05) is 0 Å². The minimum atomic E-state index is -3.62. The molecule has 0 aliphatic heterocycles. The van der Waals surface area contributed by atoms with Gasteiger partial charge in [-0.05, 0) is 37.6 Å². The van der Waals surface area contributed by atoms with Crippen LogP contribution in [0.4, 0.5) is 0 Å². The maximum Gasteiger partial charge on any atom is 0.337 e. The second-order valence-corrected chi connectivity index (χ2v) is 5.82. The quantitative estimate of drug-likeness (QED) is 0.744. The van der Waals surface area contributed by atoms with Gasteiger partial charge in [0, 0.05) is 6.54 Å². The highest BCUT2D eigenvalue weighted by molar-refractivity contribution is 7.89. The molecule has 0 heterocycles. The third-order valence-corrected chi connectivity index (χ3v) is 3.92. The minimum absolute atomic E-state index is 0.0609. The number of methoxy groups -OCH3 is 1. The molecule has 1 unspecified atom stereocenters. The van der Waals surface area contributed by atoms with Gasteiger partial charge in [-0.2, -0.15) is 0 Å². The number of rotatable bonds is 6. The van der Waals surface area contributed by atoms with Crippen molar-refractivity contribution in [1.29, 1.82) is 0 Å². The highest BCUT2D eigenvalue weighted by Gasteiger charge is 2.14. The predicted octanol–water partition coefficient (Wildman–Crippen LogP) is 0.522. The van der Waals surface area contributed by atoms with E-state index in [1.807, 2.05) is 0 Å². The van der Waals surface area contributed by atoms with Crippen molar-refractivity contribution < 1.29 is 23.1 Å². The Morgan fingerprint density at radius 3 is 2.42 bits per heavy atom. The number of nitrogens with one attached hydrogen (secondary N) is 1. The largest absolute Gasteiger partial charge is 0.465 e. The lowest BCUT2D eigenvalue weighted by molar-refractivity contribution is 0.0600. The molecule has 0 radical (unpaired) electrons. The Hall–Kier alpha value is -1.44.